The first-order valence-corrected chi connectivity index (χ1v) is 4.41. The van der Waals surface area contributed by atoms with Crippen LogP contribution in [0, 0.1) is 0 Å². The molecule has 0 aromatic heterocycles. The van der Waals surface area contributed by atoms with E-state index in [0.717, 1.165) is 32.2 Å². The van der Waals surface area contributed by atoms with E-state index in [1.165, 1.54) is 12.8 Å². The smallest absolute Gasteiger partial charge is 0.102 e. The first kappa shape index (κ1) is 10.9. The molecule has 0 radical (unpaired) electrons. The average molecular weight is 160 g/mol. The molecule has 1 atom stereocenters. The van der Waals surface area contributed by atoms with Crippen molar-refractivity contribution in [1.82, 2.24) is 0 Å². The molecule has 0 saturated heterocycles. The third kappa shape index (κ3) is 9.88. The molecule has 0 bridgehead atoms. The van der Waals surface area contributed by atoms with Gasteiger partial charge < -0.3 is 16.6 Å². The zero-order valence-corrected chi connectivity index (χ0v) is 7.13. The predicted octanol–water partition coefficient (Wildman–Crippen LogP) is 0.563. The van der Waals surface area contributed by atoms with Gasteiger partial charge in [0.1, 0.15) is 6.23 Å². The van der Waals surface area contributed by atoms with Crippen LogP contribution in [0.25, 0.3) is 0 Å². The Bertz CT molecular complexity index is 76.5. The van der Waals surface area contributed by atoms with E-state index in [-0.39, 0.29) is 0 Å². The number of nitrogens with two attached hydrogens (primary N) is 2. The lowest BCUT2D eigenvalue weighted by Gasteiger charge is -2.02. The summed E-state index contributed by atoms with van der Waals surface area (Å²) in [6.45, 7) is 0.791. The molecular formula is C8H20N2O. The molecule has 0 heterocycles. The maximum absolute atomic E-state index is 8.71. The van der Waals surface area contributed by atoms with Gasteiger partial charge in [0.2, 0.25) is 0 Å². The van der Waals surface area contributed by atoms with Crippen LogP contribution in [0.15, 0.2) is 0 Å². The molecule has 0 aliphatic carbocycles. The summed E-state index contributed by atoms with van der Waals surface area (Å²) < 4.78 is 0. The lowest BCUT2D eigenvalue weighted by Crippen LogP contribution is -2.17. The maximum atomic E-state index is 8.71. The Morgan fingerprint density at radius 3 is 2.09 bits per heavy atom. The molecule has 0 aliphatic rings. The van der Waals surface area contributed by atoms with Crippen molar-refractivity contribution in [3.05, 3.63) is 0 Å². The molecule has 1 unspecified atom stereocenters. The maximum Gasteiger partial charge on any atom is 0.102 e. The van der Waals surface area contributed by atoms with Crippen molar-refractivity contribution in [3.8, 4) is 0 Å². The number of aliphatic hydroxyl groups excluding tert-OH is 1. The van der Waals surface area contributed by atoms with Gasteiger partial charge in [0.25, 0.3) is 0 Å². The first-order valence-electron chi connectivity index (χ1n) is 4.41. The fourth-order valence-electron chi connectivity index (χ4n) is 1.03. The molecule has 0 spiro atoms. The number of unbranched alkanes of at least 4 members (excludes halogenated alkanes) is 4. The first-order chi connectivity index (χ1) is 5.27. The monoisotopic (exact) mass is 160 g/mol. The van der Waals surface area contributed by atoms with Gasteiger partial charge >= 0.3 is 0 Å². The summed E-state index contributed by atoms with van der Waals surface area (Å²) in [6.07, 6.45) is 5.83. The Kier molecular flexibility index (Phi) is 7.89. The summed E-state index contributed by atoms with van der Waals surface area (Å²) in [6, 6.07) is 0. The van der Waals surface area contributed by atoms with Crippen molar-refractivity contribution in [1.29, 1.82) is 0 Å². The summed E-state index contributed by atoms with van der Waals surface area (Å²) in [5, 5.41) is 8.71. The van der Waals surface area contributed by atoms with Crippen molar-refractivity contribution in [2.24, 2.45) is 11.5 Å². The van der Waals surface area contributed by atoms with E-state index in [2.05, 4.69) is 0 Å². The standard InChI is InChI=1S/C8H20N2O/c9-7-5-3-1-2-4-6-8(10)11/h8,11H,1-7,9-10H2. The summed E-state index contributed by atoms with van der Waals surface area (Å²) in [5.74, 6) is 0. The second-order valence-electron chi connectivity index (χ2n) is 2.91. The van der Waals surface area contributed by atoms with Gasteiger partial charge in [0.05, 0.1) is 0 Å². The highest BCUT2D eigenvalue weighted by Crippen LogP contribution is 2.04. The van der Waals surface area contributed by atoms with Crippen LogP contribution in [-0.4, -0.2) is 17.9 Å². The van der Waals surface area contributed by atoms with Crippen LogP contribution in [0.4, 0.5) is 0 Å². The van der Waals surface area contributed by atoms with Gasteiger partial charge in [-0.25, -0.2) is 0 Å². The molecule has 0 aliphatic heterocycles. The van der Waals surface area contributed by atoms with E-state index >= 15 is 0 Å². The van der Waals surface area contributed by atoms with Crippen LogP contribution >= 0.6 is 0 Å². The van der Waals surface area contributed by atoms with Gasteiger partial charge in [-0.2, -0.15) is 0 Å². The van der Waals surface area contributed by atoms with Crippen LogP contribution in [-0.2, 0) is 0 Å². The molecule has 0 rings (SSSR count). The van der Waals surface area contributed by atoms with E-state index in [1.807, 2.05) is 0 Å². The van der Waals surface area contributed by atoms with Crippen LogP contribution in [0.1, 0.15) is 38.5 Å². The highest BCUT2D eigenvalue weighted by molar-refractivity contribution is 4.48. The topological polar surface area (TPSA) is 72.3 Å². The Morgan fingerprint density at radius 2 is 1.55 bits per heavy atom. The summed E-state index contributed by atoms with van der Waals surface area (Å²) in [7, 11) is 0. The minimum absolute atomic E-state index is 0.621. The average Bonchev–Trinajstić information content (AvgIpc) is 1.96. The lowest BCUT2D eigenvalue weighted by molar-refractivity contribution is 0.168. The number of hydrogen-bond donors (Lipinski definition) is 3. The number of aliphatic hydroxyl groups is 1. The summed E-state index contributed by atoms with van der Waals surface area (Å²) >= 11 is 0. The third-order valence-electron chi connectivity index (χ3n) is 1.70. The highest BCUT2D eigenvalue weighted by atomic mass is 16.3. The van der Waals surface area contributed by atoms with Crippen molar-refractivity contribution in [3.63, 3.8) is 0 Å². The Hall–Kier alpha value is -0.120. The fourth-order valence-corrected chi connectivity index (χ4v) is 1.03. The molecular weight excluding hydrogens is 140 g/mol. The minimum atomic E-state index is -0.621. The van der Waals surface area contributed by atoms with E-state index in [1.54, 1.807) is 0 Å². The van der Waals surface area contributed by atoms with Gasteiger partial charge in [-0.15, -0.1) is 0 Å². The third-order valence-corrected chi connectivity index (χ3v) is 1.70. The zero-order chi connectivity index (χ0) is 8.53. The van der Waals surface area contributed by atoms with Crippen molar-refractivity contribution in [2.75, 3.05) is 6.54 Å². The zero-order valence-electron chi connectivity index (χ0n) is 7.13. The second kappa shape index (κ2) is 7.98. The highest BCUT2D eigenvalue weighted by Gasteiger charge is 1.94. The lowest BCUT2D eigenvalue weighted by atomic mass is 10.1. The van der Waals surface area contributed by atoms with E-state index in [9.17, 15) is 0 Å². The van der Waals surface area contributed by atoms with Gasteiger partial charge in [0, 0.05) is 0 Å². The summed E-state index contributed by atoms with van der Waals surface area (Å²) in [5.41, 5.74) is 10.5. The molecule has 3 nitrogen and oxygen atoms in total. The predicted molar refractivity (Wildman–Crippen MR) is 47.0 cm³/mol. The van der Waals surface area contributed by atoms with Crippen molar-refractivity contribution < 1.29 is 5.11 Å². The molecule has 0 aromatic carbocycles. The fraction of sp³-hybridized carbons (Fsp3) is 1.00. The number of hydrogen-bond acceptors (Lipinski definition) is 3. The molecule has 0 fully saturated rings. The van der Waals surface area contributed by atoms with Crippen molar-refractivity contribution in [2.45, 2.75) is 44.8 Å². The number of rotatable bonds is 7. The molecule has 3 heteroatoms. The molecule has 5 N–H and O–H groups in total. The Morgan fingerprint density at radius 1 is 1.00 bits per heavy atom. The van der Waals surface area contributed by atoms with Crippen LogP contribution in [0.2, 0.25) is 0 Å². The van der Waals surface area contributed by atoms with Crippen molar-refractivity contribution >= 4 is 0 Å². The van der Waals surface area contributed by atoms with Gasteiger partial charge in [0.15, 0.2) is 0 Å². The van der Waals surface area contributed by atoms with E-state index in [0.29, 0.717) is 0 Å². The van der Waals surface area contributed by atoms with Gasteiger partial charge in [-0.05, 0) is 25.8 Å². The molecule has 0 aromatic rings. The van der Waals surface area contributed by atoms with Crippen LogP contribution in [0.3, 0.4) is 0 Å². The van der Waals surface area contributed by atoms with Crippen LogP contribution in [0.5, 0.6) is 0 Å². The molecule has 0 saturated carbocycles. The van der Waals surface area contributed by atoms with Crippen LogP contribution < -0.4 is 11.5 Å². The Balaban J connectivity index is 2.80. The van der Waals surface area contributed by atoms with Gasteiger partial charge in [-0.1, -0.05) is 19.3 Å². The second-order valence-corrected chi connectivity index (χ2v) is 2.91. The Labute approximate surface area is 68.8 Å². The van der Waals surface area contributed by atoms with E-state index < -0.39 is 6.23 Å². The molecule has 68 valence electrons. The normalized spacial score (nSPS) is 13.4. The molecule has 0 amide bonds. The largest absolute Gasteiger partial charge is 0.379 e. The minimum Gasteiger partial charge on any atom is -0.379 e. The molecule has 11 heavy (non-hydrogen) atoms. The van der Waals surface area contributed by atoms with Gasteiger partial charge in [-0.3, -0.25) is 0 Å². The van der Waals surface area contributed by atoms with E-state index in [4.69, 9.17) is 16.6 Å². The SMILES string of the molecule is NCCCCCCCC(N)O. The quantitative estimate of drug-likeness (QED) is 0.376. The summed E-state index contributed by atoms with van der Waals surface area (Å²) in [4.78, 5) is 0.